The van der Waals surface area contributed by atoms with E-state index in [-0.39, 0.29) is 17.3 Å². The summed E-state index contributed by atoms with van der Waals surface area (Å²) in [5.41, 5.74) is 2.15. The number of fused-ring (bicyclic) bond motifs is 1. The smallest absolute Gasteiger partial charge is 0.258 e. The number of carbonyl (C=O) groups is 1. The molecule has 0 bridgehead atoms. The van der Waals surface area contributed by atoms with Crippen molar-refractivity contribution >= 4 is 11.6 Å². The Bertz CT molecular complexity index is 1090. The van der Waals surface area contributed by atoms with Gasteiger partial charge in [0.05, 0.1) is 5.69 Å². The Kier molecular flexibility index (Phi) is 4.92. The number of hydrogen-bond donors (Lipinski definition) is 0. The Labute approximate surface area is 161 Å². The Morgan fingerprint density at radius 1 is 1.11 bits per heavy atom. The maximum atomic E-state index is 13.7. The molecule has 0 aliphatic carbocycles. The van der Waals surface area contributed by atoms with Gasteiger partial charge in [0.2, 0.25) is 0 Å². The molecule has 0 N–H and O–H groups in total. The fraction of sp³-hybridized carbons (Fsp3) is 0.286. The SMILES string of the molecule is Cc1ccc(C(=O)N2CCN(Cc3cc(=O)n4ccccc4n3)CC2)cc1F. The predicted molar refractivity (Wildman–Crippen MR) is 104 cm³/mol. The van der Waals surface area contributed by atoms with Gasteiger partial charge < -0.3 is 4.90 Å². The van der Waals surface area contributed by atoms with Gasteiger partial charge in [-0.05, 0) is 36.8 Å². The van der Waals surface area contributed by atoms with Crippen LogP contribution in [0.5, 0.6) is 0 Å². The van der Waals surface area contributed by atoms with Crippen LogP contribution in [0.15, 0.2) is 53.5 Å². The van der Waals surface area contributed by atoms with Crippen molar-refractivity contribution in [3.05, 3.63) is 81.7 Å². The first-order valence-electron chi connectivity index (χ1n) is 9.26. The van der Waals surface area contributed by atoms with Crippen LogP contribution in [0.4, 0.5) is 4.39 Å². The van der Waals surface area contributed by atoms with Crippen molar-refractivity contribution in [3.63, 3.8) is 0 Å². The molecule has 7 heteroatoms. The van der Waals surface area contributed by atoms with Crippen LogP contribution in [-0.4, -0.2) is 51.3 Å². The molecule has 1 aliphatic heterocycles. The second-order valence-corrected chi connectivity index (χ2v) is 7.05. The molecule has 0 radical (unpaired) electrons. The van der Waals surface area contributed by atoms with Gasteiger partial charge in [-0.15, -0.1) is 0 Å². The van der Waals surface area contributed by atoms with E-state index in [1.54, 1.807) is 42.3 Å². The van der Waals surface area contributed by atoms with Crippen molar-refractivity contribution in [1.82, 2.24) is 19.2 Å². The minimum atomic E-state index is -0.363. The Balaban J connectivity index is 1.41. The van der Waals surface area contributed by atoms with Crippen LogP contribution in [0.25, 0.3) is 5.65 Å². The molecule has 0 spiro atoms. The molecule has 3 heterocycles. The maximum Gasteiger partial charge on any atom is 0.258 e. The summed E-state index contributed by atoms with van der Waals surface area (Å²) in [6.07, 6.45) is 1.70. The average Bonchev–Trinajstić information content (AvgIpc) is 2.70. The summed E-state index contributed by atoms with van der Waals surface area (Å²) in [5, 5.41) is 0. The van der Waals surface area contributed by atoms with Crippen LogP contribution in [0, 0.1) is 12.7 Å². The monoisotopic (exact) mass is 380 g/mol. The number of amides is 1. The number of aromatic nitrogens is 2. The lowest BCUT2D eigenvalue weighted by atomic mass is 10.1. The average molecular weight is 380 g/mol. The highest BCUT2D eigenvalue weighted by atomic mass is 19.1. The van der Waals surface area contributed by atoms with Crippen LogP contribution in [-0.2, 0) is 6.54 Å². The van der Waals surface area contributed by atoms with Gasteiger partial charge in [-0.3, -0.25) is 18.9 Å². The molecule has 0 saturated carbocycles. The molecule has 4 rings (SSSR count). The molecule has 1 aromatic carbocycles. The molecule has 0 unspecified atom stereocenters. The van der Waals surface area contributed by atoms with Crippen molar-refractivity contribution in [3.8, 4) is 0 Å². The number of piperazine rings is 1. The van der Waals surface area contributed by atoms with Crippen molar-refractivity contribution in [1.29, 1.82) is 0 Å². The fourth-order valence-corrected chi connectivity index (χ4v) is 3.43. The van der Waals surface area contributed by atoms with Crippen LogP contribution < -0.4 is 5.56 Å². The molecule has 6 nitrogen and oxygen atoms in total. The predicted octanol–water partition coefficient (Wildman–Crippen LogP) is 2.10. The summed E-state index contributed by atoms with van der Waals surface area (Å²) in [6.45, 7) is 4.70. The first-order valence-corrected chi connectivity index (χ1v) is 9.26. The summed E-state index contributed by atoms with van der Waals surface area (Å²) in [7, 11) is 0. The highest BCUT2D eigenvalue weighted by Gasteiger charge is 2.23. The summed E-state index contributed by atoms with van der Waals surface area (Å²) in [5.74, 6) is -0.515. The third-order valence-electron chi connectivity index (χ3n) is 5.09. The third-order valence-corrected chi connectivity index (χ3v) is 5.09. The number of aryl methyl sites for hydroxylation is 1. The molecular weight excluding hydrogens is 359 g/mol. The van der Waals surface area contributed by atoms with E-state index < -0.39 is 0 Å². The number of pyridine rings is 1. The Hall–Kier alpha value is -3.06. The number of hydrogen-bond acceptors (Lipinski definition) is 4. The first kappa shape index (κ1) is 18.3. The summed E-state index contributed by atoms with van der Waals surface area (Å²) in [6, 6.07) is 11.6. The summed E-state index contributed by atoms with van der Waals surface area (Å²) >= 11 is 0. The van der Waals surface area contributed by atoms with Gasteiger partial charge in [-0.2, -0.15) is 0 Å². The zero-order valence-electron chi connectivity index (χ0n) is 15.6. The van der Waals surface area contributed by atoms with E-state index in [2.05, 4.69) is 9.88 Å². The van der Waals surface area contributed by atoms with Crippen molar-refractivity contribution in [2.75, 3.05) is 26.2 Å². The standard InChI is InChI=1S/C21H21FN4O2/c1-15-5-6-16(12-18(15)22)21(28)25-10-8-24(9-11-25)14-17-13-20(27)26-7-3-2-4-19(26)23-17/h2-7,12-13H,8-11,14H2,1H3. The van der Waals surface area contributed by atoms with Gasteiger partial charge in [-0.25, -0.2) is 9.37 Å². The lowest BCUT2D eigenvalue weighted by Crippen LogP contribution is -2.48. The number of nitrogens with zero attached hydrogens (tertiary/aromatic N) is 4. The zero-order valence-corrected chi connectivity index (χ0v) is 15.6. The fourth-order valence-electron chi connectivity index (χ4n) is 3.43. The molecule has 2 aromatic heterocycles. The number of benzene rings is 1. The van der Waals surface area contributed by atoms with E-state index >= 15 is 0 Å². The Morgan fingerprint density at radius 3 is 2.64 bits per heavy atom. The second kappa shape index (κ2) is 7.52. The second-order valence-electron chi connectivity index (χ2n) is 7.05. The molecule has 1 aliphatic rings. The molecule has 1 amide bonds. The van der Waals surface area contributed by atoms with Gasteiger partial charge in [0.15, 0.2) is 0 Å². The van der Waals surface area contributed by atoms with E-state index in [4.69, 9.17) is 0 Å². The molecular formula is C21H21FN4O2. The summed E-state index contributed by atoms with van der Waals surface area (Å²) in [4.78, 5) is 33.3. The molecule has 1 fully saturated rings. The highest BCUT2D eigenvalue weighted by molar-refractivity contribution is 5.94. The minimum Gasteiger partial charge on any atom is -0.336 e. The number of rotatable bonds is 3. The van der Waals surface area contributed by atoms with E-state index in [1.165, 1.54) is 10.5 Å². The molecule has 144 valence electrons. The van der Waals surface area contributed by atoms with Crippen LogP contribution in [0.2, 0.25) is 0 Å². The highest BCUT2D eigenvalue weighted by Crippen LogP contribution is 2.14. The van der Waals surface area contributed by atoms with Gasteiger partial charge >= 0.3 is 0 Å². The van der Waals surface area contributed by atoms with Crippen LogP contribution in [0.3, 0.4) is 0 Å². The van der Waals surface area contributed by atoms with E-state index in [0.29, 0.717) is 49.5 Å². The van der Waals surface area contributed by atoms with Crippen molar-refractivity contribution in [2.45, 2.75) is 13.5 Å². The van der Waals surface area contributed by atoms with Crippen molar-refractivity contribution < 1.29 is 9.18 Å². The third kappa shape index (κ3) is 3.66. The first-order chi connectivity index (χ1) is 13.5. The quantitative estimate of drug-likeness (QED) is 0.698. The lowest BCUT2D eigenvalue weighted by molar-refractivity contribution is 0.0626. The van der Waals surface area contributed by atoms with Crippen LogP contribution >= 0.6 is 0 Å². The van der Waals surface area contributed by atoms with Gasteiger partial charge in [0.25, 0.3) is 11.5 Å². The number of halogens is 1. The van der Waals surface area contributed by atoms with E-state index in [1.807, 2.05) is 12.1 Å². The molecule has 28 heavy (non-hydrogen) atoms. The normalized spacial score (nSPS) is 15.1. The molecule has 1 saturated heterocycles. The van der Waals surface area contributed by atoms with Crippen LogP contribution in [0.1, 0.15) is 21.6 Å². The summed E-state index contributed by atoms with van der Waals surface area (Å²) < 4.78 is 15.3. The number of carbonyl (C=O) groups excluding carboxylic acids is 1. The van der Waals surface area contributed by atoms with E-state index in [0.717, 1.165) is 5.69 Å². The van der Waals surface area contributed by atoms with Crippen molar-refractivity contribution in [2.24, 2.45) is 0 Å². The molecule has 0 atom stereocenters. The maximum absolute atomic E-state index is 13.7. The van der Waals surface area contributed by atoms with Gasteiger partial charge in [0.1, 0.15) is 11.5 Å². The Morgan fingerprint density at radius 2 is 1.89 bits per heavy atom. The largest absolute Gasteiger partial charge is 0.336 e. The lowest BCUT2D eigenvalue weighted by Gasteiger charge is -2.34. The van der Waals surface area contributed by atoms with Gasteiger partial charge in [0, 0.05) is 50.6 Å². The minimum absolute atomic E-state index is 0.101. The van der Waals surface area contributed by atoms with E-state index in [9.17, 15) is 14.0 Å². The zero-order chi connectivity index (χ0) is 19.7. The topological polar surface area (TPSA) is 57.9 Å². The molecule has 3 aromatic rings. The van der Waals surface area contributed by atoms with Gasteiger partial charge in [-0.1, -0.05) is 12.1 Å².